The topological polar surface area (TPSA) is 38.0 Å². The first-order valence-corrected chi connectivity index (χ1v) is 6.38. The largest absolute Gasteiger partial charge is 0.398 e. The normalized spacial score (nSPS) is 10.3. The van der Waals surface area contributed by atoms with Gasteiger partial charge in [-0.25, -0.2) is 0 Å². The van der Waals surface area contributed by atoms with Crippen molar-refractivity contribution in [1.29, 1.82) is 0 Å². The molecule has 0 amide bonds. The lowest BCUT2D eigenvalue weighted by Gasteiger charge is -2.14. The van der Waals surface area contributed by atoms with E-state index >= 15 is 0 Å². The minimum Gasteiger partial charge on any atom is -0.398 e. The number of nitrogens with two attached hydrogens (primary N) is 1. The van der Waals surface area contributed by atoms with Crippen molar-refractivity contribution < 1.29 is 0 Å². The van der Waals surface area contributed by atoms with Crippen LogP contribution in [0.3, 0.4) is 0 Å². The molecule has 0 saturated carbocycles. The smallest absolute Gasteiger partial charge is 0.0421 e. The molecule has 0 saturated heterocycles. The molecule has 0 unspecified atom stereocenters. The molecule has 0 aliphatic rings. The van der Waals surface area contributed by atoms with Gasteiger partial charge in [0.25, 0.3) is 0 Å². The van der Waals surface area contributed by atoms with Crippen LogP contribution in [0, 0.1) is 6.92 Å². The van der Waals surface area contributed by atoms with E-state index in [0.717, 1.165) is 24.2 Å². The second kappa shape index (κ2) is 5.58. The SMILES string of the molecule is CCc1cccc(C)c1NCc1ccccc1N. The molecular weight excluding hydrogens is 220 g/mol. The maximum absolute atomic E-state index is 5.95. The molecule has 0 aromatic heterocycles. The molecule has 0 fully saturated rings. The van der Waals surface area contributed by atoms with Crippen LogP contribution in [0.2, 0.25) is 0 Å². The van der Waals surface area contributed by atoms with Crippen LogP contribution in [0.1, 0.15) is 23.6 Å². The number of para-hydroxylation sites is 2. The third kappa shape index (κ3) is 2.65. The van der Waals surface area contributed by atoms with Crippen LogP contribution >= 0.6 is 0 Å². The van der Waals surface area contributed by atoms with E-state index in [0.29, 0.717) is 0 Å². The number of rotatable bonds is 4. The Hall–Kier alpha value is -1.96. The first-order valence-electron chi connectivity index (χ1n) is 6.38. The van der Waals surface area contributed by atoms with Gasteiger partial charge in [0.05, 0.1) is 0 Å². The summed E-state index contributed by atoms with van der Waals surface area (Å²) in [7, 11) is 0. The average Bonchev–Trinajstić information content (AvgIpc) is 2.39. The zero-order valence-electron chi connectivity index (χ0n) is 11.0. The van der Waals surface area contributed by atoms with Crippen molar-refractivity contribution >= 4 is 11.4 Å². The first kappa shape index (κ1) is 12.5. The highest BCUT2D eigenvalue weighted by Gasteiger charge is 2.04. The van der Waals surface area contributed by atoms with Crippen LogP contribution in [0.25, 0.3) is 0 Å². The Bertz CT molecular complexity index is 532. The van der Waals surface area contributed by atoms with E-state index < -0.39 is 0 Å². The Morgan fingerprint density at radius 1 is 1.00 bits per heavy atom. The van der Waals surface area contributed by atoms with Crippen molar-refractivity contribution in [2.75, 3.05) is 11.1 Å². The monoisotopic (exact) mass is 240 g/mol. The molecule has 0 bridgehead atoms. The predicted octanol–water partition coefficient (Wildman–Crippen LogP) is 3.75. The Balaban J connectivity index is 2.18. The van der Waals surface area contributed by atoms with E-state index in [-0.39, 0.29) is 0 Å². The highest BCUT2D eigenvalue weighted by atomic mass is 14.9. The summed E-state index contributed by atoms with van der Waals surface area (Å²) in [6.07, 6.45) is 1.04. The Morgan fingerprint density at radius 2 is 1.72 bits per heavy atom. The number of benzene rings is 2. The van der Waals surface area contributed by atoms with Gasteiger partial charge in [0, 0.05) is 17.9 Å². The van der Waals surface area contributed by atoms with E-state index in [9.17, 15) is 0 Å². The van der Waals surface area contributed by atoms with E-state index in [1.165, 1.54) is 16.8 Å². The third-order valence-corrected chi connectivity index (χ3v) is 3.25. The lowest BCUT2D eigenvalue weighted by atomic mass is 10.1. The van der Waals surface area contributed by atoms with Crippen LogP contribution in [-0.2, 0) is 13.0 Å². The standard InChI is InChI=1S/C16H20N2/c1-3-13-9-6-7-12(2)16(13)18-11-14-8-4-5-10-15(14)17/h4-10,18H,3,11,17H2,1-2H3. The molecule has 3 N–H and O–H groups in total. The van der Waals surface area contributed by atoms with Crippen LogP contribution in [0.4, 0.5) is 11.4 Å². The Labute approximate surface area is 109 Å². The maximum Gasteiger partial charge on any atom is 0.0421 e. The van der Waals surface area contributed by atoms with E-state index in [1.54, 1.807) is 0 Å². The van der Waals surface area contributed by atoms with E-state index in [4.69, 9.17) is 5.73 Å². The van der Waals surface area contributed by atoms with Gasteiger partial charge in [0.15, 0.2) is 0 Å². The molecule has 18 heavy (non-hydrogen) atoms. The van der Waals surface area contributed by atoms with Crippen LogP contribution < -0.4 is 11.1 Å². The summed E-state index contributed by atoms with van der Waals surface area (Å²) in [4.78, 5) is 0. The maximum atomic E-state index is 5.95. The fourth-order valence-electron chi connectivity index (χ4n) is 2.15. The molecule has 0 atom stereocenters. The highest BCUT2D eigenvalue weighted by molar-refractivity contribution is 5.58. The molecule has 2 rings (SSSR count). The van der Waals surface area contributed by atoms with Gasteiger partial charge in [-0.05, 0) is 36.1 Å². The number of hydrogen-bond donors (Lipinski definition) is 2. The lowest BCUT2D eigenvalue weighted by Crippen LogP contribution is -2.06. The summed E-state index contributed by atoms with van der Waals surface area (Å²) in [6, 6.07) is 14.4. The van der Waals surface area contributed by atoms with Gasteiger partial charge in [-0.1, -0.05) is 43.3 Å². The average molecular weight is 240 g/mol. The van der Waals surface area contributed by atoms with Gasteiger partial charge >= 0.3 is 0 Å². The number of aryl methyl sites for hydroxylation is 2. The zero-order valence-corrected chi connectivity index (χ0v) is 11.0. The molecular formula is C16H20N2. The highest BCUT2D eigenvalue weighted by Crippen LogP contribution is 2.22. The van der Waals surface area contributed by atoms with Crippen LogP contribution in [0.5, 0.6) is 0 Å². The predicted molar refractivity (Wildman–Crippen MR) is 78.7 cm³/mol. The molecule has 2 aromatic rings. The zero-order chi connectivity index (χ0) is 13.0. The summed E-state index contributed by atoms with van der Waals surface area (Å²) < 4.78 is 0. The number of nitrogen functional groups attached to an aromatic ring is 1. The first-order chi connectivity index (χ1) is 8.72. The van der Waals surface area contributed by atoms with Crippen molar-refractivity contribution in [3.05, 3.63) is 59.2 Å². The number of nitrogens with one attached hydrogen (secondary N) is 1. The second-order valence-corrected chi connectivity index (χ2v) is 4.51. The molecule has 94 valence electrons. The van der Waals surface area contributed by atoms with Crippen molar-refractivity contribution in [1.82, 2.24) is 0 Å². The minimum absolute atomic E-state index is 0.768. The third-order valence-electron chi connectivity index (χ3n) is 3.25. The van der Waals surface area contributed by atoms with Gasteiger partial charge in [0.2, 0.25) is 0 Å². The molecule has 2 nitrogen and oxygen atoms in total. The van der Waals surface area contributed by atoms with E-state index in [1.807, 2.05) is 18.2 Å². The van der Waals surface area contributed by atoms with Crippen molar-refractivity contribution in [3.63, 3.8) is 0 Å². The lowest BCUT2D eigenvalue weighted by molar-refractivity contribution is 1.08. The van der Waals surface area contributed by atoms with Gasteiger partial charge in [0.1, 0.15) is 0 Å². The quantitative estimate of drug-likeness (QED) is 0.799. The molecule has 0 aliphatic heterocycles. The number of hydrogen-bond acceptors (Lipinski definition) is 2. The van der Waals surface area contributed by atoms with E-state index in [2.05, 4.69) is 43.4 Å². The minimum atomic E-state index is 0.768. The molecule has 0 heterocycles. The summed E-state index contributed by atoms with van der Waals surface area (Å²) in [5.74, 6) is 0. The molecule has 2 heteroatoms. The van der Waals surface area contributed by atoms with Crippen molar-refractivity contribution in [2.45, 2.75) is 26.8 Å². The fraction of sp³-hybridized carbons (Fsp3) is 0.250. The molecule has 0 aliphatic carbocycles. The van der Waals surface area contributed by atoms with Crippen molar-refractivity contribution in [3.8, 4) is 0 Å². The number of anilines is 2. The Kier molecular flexibility index (Phi) is 3.88. The van der Waals surface area contributed by atoms with Crippen LogP contribution in [-0.4, -0.2) is 0 Å². The fourth-order valence-corrected chi connectivity index (χ4v) is 2.15. The second-order valence-electron chi connectivity index (χ2n) is 4.51. The molecule has 0 radical (unpaired) electrons. The van der Waals surface area contributed by atoms with Crippen molar-refractivity contribution in [2.24, 2.45) is 0 Å². The van der Waals surface area contributed by atoms with Gasteiger partial charge in [-0.3, -0.25) is 0 Å². The van der Waals surface area contributed by atoms with Gasteiger partial charge < -0.3 is 11.1 Å². The van der Waals surface area contributed by atoms with Gasteiger partial charge in [-0.2, -0.15) is 0 Å². The summed E-state index contributed by atoms with van der Waals surface area (Å²) in [5.41, 5.74) is 11.8. The molecule has 2 aromatic carbocycles. The molecule has 0 spiro atoms. The summed E-state index contributed by atoms with van der Waals surface area (Å²) in [6.45, 7) is 5.08. The van der Waals surface area contributed by atoms with Gasteiger partial charge in [-0.15, -0.1) is 0 Å². The summed E-state index contributed by atoms with van der Waals surface area (Å²) >= 11 is 0. The van der Waals surface area contributed by atoms with Crippen LogP contribution in [0.15, 0.2) is 42.5 Å². The Morgan fingerprint density at radius 3 is 2.44 bits per heavy atom. The summed E-state index contributed by atoms with van der Waals surface area (Å²) in [5, 5.41) is 3.51.